The van der Waals surface area contributed by atoms with Crippen LogP contribution in [-0.2, 0) is 21.3 Å². The highest BCUT2D eigenvalue weighted by atomic mass is 32.2. The van der Waals surface area contributed by atoms with Crippen molar-refractivity contribution in [2.75, 3.05) is 20.3 Å². The lowest BCUT2D eigenvalue weighted by Crippen LogP contribution is -2.29. The topological polar surface area (TPSA) is 69.6 Å². The van der Waals surface area contributed by atoms with Gasteiger partial charge in [-0.25, -0.2) is 25.6 Å². The molecular formula is C25H27F3N2O4S. The van der Waals surface area contributed by atoms with Crippen molar-refractivity contribution in [3.05, 3.63) is 71.7 Å². The van der Waals surface area contributed by atoms with E-state index in [1.54, 1.807) is 13.1 Å². The van der Waals surface area contributed by atoms with Gasteiger partial charge in [0.05, 0.1) is 11.8 Å². The van der Waals surface area contributed by atoms with Gasteiger partial charge in [0.2, 0.25) is 0 Å². The molecular weight excluding hydrogens is 481 g/mol. The van der Waals surface area contributed by atoms with E-state index in [4.69, 9.17) is 9.47 Å². The molecule has 1 saturated heterocycles. The Bertz CT molecular complexity index is 1300. The minimum absolute atomic E-state index is 0.0135. The average Bonchev–Trinajstić information content (AvgIpc) is 3.26. The van der Waals surface area contributed by atoms with Crippen LogP contribution in [0.15, 0.2) is 53.6 Å². The van der Waals surface area contributed by atoms with Crippen molar-refractivity contribution >= 4 is 10.0 Å². The Kier molecular flexibility index (Phi) is 7.53. The molecule has 0 spiro atoms. The van der Waals surface area contributed by atoms with Crippen molar-refractivity contribution < 1.29 is 31.1 Å². The standard InChI is InChI=1S/C25H27F3N2O4S/c1-16(18-7-9-33-10-8-18)34-20-4-5-21(23(28)13-20)24-11-17(14-29-2)15-30(24)35(31,32)25-12-19(26)3-6-22(25)27/h3-6,11-13,15-16,18,29H,7-10,14H2,1-2H3. The summed E-state index contributed by atoms with van der Waals surface area (Å²) in [5, 5.41) is 2.90. The molecule has 2 aromatic carbocycles. The van der Waals surface area contributed by atoms with Gasteiger partial charge in [-0.15, -0.1) is 0 Å². The van der Waals surface area contributed by atoms with Gasteiger partial charge >= 0.3 is 0 Å². The second kappa shape index (κ2) is 10.4. The van der Waals surface area contributed by atoms with Crippen molar-refractivity contribution in [2.24, 2.45) is 5.92 Å². The molecule has 0 saturated carbocycles. The van der Waals surface area contributed by atoms with Crippen molar-refractivity contribution in [1.29, 1.82) is 0 Å². The minimum atomic E-state index is -4.56. The second-order valence-electron chi connectivity index (χ2n) is 8.55. The molecule has 1 atom stereocenters. The van der Waals surface area contributed by atoms with Crippen molar-refractivity contribution in [3.8, 4) is 17.0 Å². The van der Waals surface area contributed by atoms with Crippen LogP contribution >= 0.6 is 0 Å². The third-order valence-corrected chi connectivity index (χ3v) is 7.81. The van der Waals surface area contributed by atoms with Gasteiger partial charge in [-0.1, -0.05) is 0 Å². The smallest absolute Gasteiger partial charge is 0.271 e. The number of ether oxygens (including phenoxy) is 2. The Labute approximate surface area is 202 Å². The molecule has 0 bridgehead atoms. The second-order valence-corrected chi connectivity index (χ2v) is 10.3. The van der Waals surface area contributed by atoms with Crippen LogP contribution in [0, 0.1) is 23.4 Å². The molecule has 1 fully saturated rings. The van der Waals surface area contributed by atoms with E-state index in [9.17, 15) is 17.2 Å². The van der Waals surface area contributed by atoms with Crippen LogP contribution in [0.1, 0.15) is 25.3 Å². The van der Waals surface area contributed by atoms with E-state index in [2.05, 4.69) is 5.32 Å². The molecule has 10 heteroatoms. The number of hydrogen-bond donors (Lipinski definition) is 1. The van der Waals surface area contributed by atoms with Crippen LogP contribution < -0.4 is 10.1 Å². The summed E-state index contributed by atoms with van der Waals surface area (Å²) in [6.45, 7) is 3.54. The maximum atomic E-state index is 15.3. The van der Waals surface area contributed by atoms with Gasteiger partial charge in [-0.3, -0.25) is 0 Å². The summed E-state index contributed by atoms with van der Waals surface area (Å²) in [7, 11) is -2.89. The highest BCUT2D eigenvalue weighted by molar-refractivity contribution is 7.90. The molecule has 1 aliphatic heterocycles. The molecule has 0 amide bonds. The number of rotatable bonds is 8. The van der Waals surface area contributed by atoms with E-state index in [0.717, 1.165) is 28.9 Å². The van der Waals surface area contributed by atoms with Gasteiger partial charge in [-0.2, -0.15) is 0 Å². The molecule has 2 heterocycles. The van der Waals surface area contributed by atoms with Gasteiger partial charge in [0, 0.05) is 37.6 Å². The van der Waals surface area contributed by atoms with E-state index in [-0.39, 0.29) is 23.9 Å². The number of hydrogen-bond acceptors (Lipinski definition) is 5. The summed E-state index contributed by atoms with van der Waals surface area (Å²) in [5.41, 5.74) is 0.495. The molecule has 188 valence electrons. The largest absolute Gasteiger partial charge is 0.490 e. The molecule has 4 rings (SSSR count). The average molecular weight is 509 g/mol. The number of aromatic nitrogens is 1. The zero-order chi connectivity index (χ0) is 25.2. The monoisotopic (exact) mass is 508 g/mol. The lowest BCUT2D eigenvalue weighted by Gasteiger charge is -2.28. The molecule has 6 nitrogen and oxygen atoms in total. The van der Waals surface area contributed by atoms with E-state index < -0.39 is 32.4 Å². The van der Waals surface area contributed by atoms with E-state index in [0.29, 0.717) is 36.5 Å². The summed E-state index contributed by atoms with van der Waals surface area (Å²) in [4.78, 5) is -0.837. The quantitative estimate of drug-likeness (QED) is 0.477. The zero-order valence-corrected chi connectivity index (χ0v) is 20.2. The first-order chi connectivity index (χ1) is 16.7. The fourth-order valence-electron chi connectivity index (χ4n) is 4.25. The van der Waals surface area contributed by atoms with Gasteiger partial charge in [0.25, 0.3) is 10.0 Å². The lowest BCUT2D eigenvalue weighted by molar-refractivity contribution is 0.0238. The first kappa shape index (κ1) is 25.3. The SMILES string of the molecule is CNCc1cc(-c2ccc(OC(C)C3CCOCC3)cc2F)n(S(=O)(=O)c2cc(F)ccc2F)c1. The Morgan fingerprint density at radius 2 is 1.83 bits per heavy atom. The van der Waals surface area contributed by atoms with Crippen LogP contribution in [-0.4, -0.2) is 38.8 Å². The summed E-state index contributed by atoms with van der Waals surface area (Å²) in [6, 6.07) is 7.87. The van der Waals surface area contributed by atoms with Gasteiger partial charge in [0.15, 0.2) is 0 Å². The van der Waals surface area contributed by atoms with E-state index in [1.165, 1.54) is 24.4 Å². The minimum Gasteiger partial charge on any atom is -0.490 e. The number of halogens is 3. The molecule has 1 aromatic heterocycles. The first-order valence-corrected chi connectivity index (χ1v) is 12.8. The Morgan fingerprint density at radius 1 is 1.09 bits per heavy atom. The van der Waals surface area contributed by atoms with E-state index in [1.807, 2.05) is 6.92 Å². The molecule has 1 unspecified atom stereocenters. The molecule has 1 aliphatic rings. The van der Waals surface area contributed by atoms with Crippen LogP contribution in [0.4, 0.5) is 13.2 Å². The molecule has 0 aliphatic carbocycles. The Balaban J connectivity index is 1.71. The van der Waals surface area contributed by atoms with Crippen molar-refractivity contribution in [1.82, 2.24) is 9.29 Å². The number of nitrogens with zero attached hydrogens (tertiary/aromatic N) is 1. The summed E-state index contributed by atoms with van der Waals surface area (Å²) in [5.74, 6) is -2.10. The van der Waals surface area contributed by atoms with Crippen LogP contribution in [0.5, 0.6) is 5.75 Å². The molecule has 0 radical (unpaired) electrons. The number of benzene rings is 2. The molecule has 35 heavy (non-hydrogen) atoms. The third kappa shape index (κ3) is 5.39. The maximum Gasteiger partial charge on any atom is 0.271 e. The van der Waals surface area contributed by atoms with Crippen LogP contribution in [0.25, 0.3) is 11.3 Å². The highest BCUT2D eigenvalue weighted by Gasteiger charge is 2.27. The maximum absolute atomic E-state index is 15.3. The molecule has 3 aromatic rings. The predicted molar refractivity (Wildman–Crippen MR) is 125 cm³/mol. The highest BCUT2D eigenvalue weighted by Crippen LogP contribution is 2.33. The van der Waals surface area contributed by atoms with Gasteiger partial charge < -0.3 is 14.8 Å². The Morgan fingerprint density at radius 3 is 2.51 bits per heavy atom. The summed E-state index contributed by atoms with van der Waals surface area (Å²) in [6.07, 6.45) is 2.84. The fraction of sp³-hybridized carbons (Fsp3) is 0.360. The van der Waals surface area contributed by atoms with Crippen LogP contribution in [0.2, 0.25) is 0 Å². The van der Waals surface area contributed by atoms with Gasteiger partial charge in [0.1, 0.15) is 28.1 Å². The van der Waals surface area contributed by atoms with Crippen molar-refractivity contribution in [2.45, 2.75) is 37.3 Å². The van der Waals surface area contributed by atoms with Crippen molar-refractivity contribution in [3.63, 3.8) is 0 Å². The van der Waals surface area contributed by atoms with E-state index >= 15 is 4.39 Å². The lowest BCUT2D eigenvalue weighted by atomic mass is 9.95. The zero-order valence-electron chi connectivity index (χ0n) is 19.4. The Hall–Kier alpha value is -2.82. The third-order valence-electron chi connectivity index (χ3n) is 6.12. The first-order valence-electron chi connectivity index (χ1n) is 11.3. The normalized spacial score (nSPS) is 15.8. The molecule has 1 N–H and O–H groups in total. The summed E-state index contributed by atoms with van der Waals surface area (Å²) >= 11 is 0. The van der Waals surface area contributed by atoms with Crippen LogP contribution in [0.3, 0.4) is 0 Å². The predicted octanol–water partition coefficient (Wildman–Crippen LogP) is 4.72. The summed E-state index contributed by atoms with van der Waals surface area (Å²) < 4.78 is 82.1. The number of nitrogens with one attached hydrogen (secondary N) is 1. The van der Waals surface area contributed by atoms with Gasteiger partial charge in [-0.05, 0) is 74.7 Å². The fourth-order valence-corrected chi connectivity index (χ4v) is 5.72.